The largest absolute Gasteiger partial charge is 0.357 e. The van der Waals surface area contributed by atoms with Crippen molar-refractivity contribution in [2.24, 2.45) is 0 Å². The molecule has 0 fully saturated rings. The number of rotatable bonds is 2. The molecule has 0 radical (unpaired) electrons. The minimum Gasteiger partial charge on any atom is -0.357 e. The minimum absolute atomic E-state index is 0.165. The van der Waals surface area contributed by atoms with Crippen molar-refractivity contribution in [3.63, 3.8) is 0 Å². The first-order valence-electron chi connectivity index (χ1n) is 6.22. The number of carbonyl (C=O) groups excluding carboxylic acids is 1. The number of hydrazine groups is 1. The van der Waals surface area contributed by atoms with Gasteiger partial charge in [-0.2, -0.15) is 11.3 Å². The van der Waals surface area contributed by atoms with Crippen LogP contribution in [-0.4, -0.2) is 21.5 Å². The minimum atomic E-state index is -0.314. The maximum Gasteiger partial charge on any atom is 0.289 e. The van der Waals surface area contributed by atoms with Crippen molar-refractivity contribution in [1.29, 1.82) is 0 Å². The van der Waals surface area contributed by atoms with Crippen molar-refractivity contribution in [3.8, 4) is 10.6 Å². The molecule has 5 nitrogen and oxygen atoms in total. The molecule has 0 bridgehead atoms. The van der Waals surface area contributed by atoms with E-state index in [1.165, 1.54) is 11.3 Å². The lowest BCUT2D eigenvalue weighted by Crippen LogP contribution is -2.52. The average Bonchev–Trinajstić information content (AvgIpc) is 3.03. The first kappa shape index (κ1) is 15.9. The van der Waals surface area contributed by atoms with E-state index in [0.29, 0.717) is 10.8 Å². The van der Waals surface area contributed by atoms with E-state index in [2.05, 4.69) is 21.2 Å². The zero-order chi connectivity index (χ0) is 15.5. The molecule has 8 heteroatoms. The fourth-order valence-electron chi connectivity index (χ4n) is 1.45. The normalized spacial score (nSPS) is 11.0. The van der Waals surface area contributed by atoms with E-state index in [1.807, 2.05) is 37.6 Å². The lowest BCUT2D eigenvalue weighted by atomic mass is 10.1. The number of thiazole rings is 1. The van der Waals surface area contributed by atoms with Crippen LogP contribution in [0.25, 0.3) is 10.6 Å². The lowest BCUT2D eigenvalue weighted by molar-refractivity contribution is 0.0939. The summed E-state index contributed by atoms with van der Waals surface area (Å²) in [5, 5.41) is 9.95. The number of thiocarbonyl (C=S) groups is 1. The van der Waals surface area contributed by atoms with Crippen molar-refractivity contribution in [2.45, 2.75) is 26.3 Å². The third kappa shape index (κ3) is 4.76. The quantitative estimate of drug-likeness (QED) is 0.579. The average molecular weight is 340 g/mol. The van der Waals surface area contributed by atoms with Gasteiger partial charge in [0.15, 0.2) is 5.11 Å². The third-order valence-electron chi connectivity index (χ3n) is 2.28. The summed E-state index contributed by atoms with van der Waals surface area (Å²) >= 11 is 8.13. The smallest absolute Gasteiger partial charge is 0.289 e. The molecule has 3 N–H and O–H groups in total. The number of nitrogens with one attached hydrogen (secondary N) is 3. The Morgan fingerprint density at radius 2 is 2.05 bits per heavy atom. The van der Waals surface area contributed by atoms with Gasteiger partial charge in [0.05, 0.1) is 0 Å². The number of carbonyl (C=O) groups is 1. The first-order chi connectivity index (χ1) is 9.85. The molecule has 2 rings (SSSR count). The Kier molecular flexibility index (Phi) is 4.92. The van der Waals surface area contributed by atoms with E-state index in [1.54, 1.807) is 16.7 Å². The molecule has 2 heterocycles. The van der Waals surface area contributed by atoms with E-state index in [-0.39, 0.29) is 11.4 Å². The zero-order valence-electron chi connectivity index (χ0n) is 11.9. The second kappa shape index (κ2) is 6.50. The van der Waals surface area contributed by atoms with E-state index < -0.39 is 0 Å². The molecule has 2 aromatic rings. The number of amides is 1. The Labute approximate surface area is 136 Å². The predicted molar refractivity (Wildman–Crippen MR) is 91.5 cm³/mol. The van der Waals surface area contributed by atoms with Gasteiger partial charge in [0.25, 0.3) is 5.91 Å². The summed E-state index contributed by atoms with van der Waals surface area (Å²) in [6.45, 7) is 5.95. The summed E-state index contributed by atoms with van der Waals surface area (Å²) in [5.41, 5.74) is 6.44. The monoisotopic (exact) mass is 340 g/mol. The fourth-order valence-corrected chi connectivity index (χ4v) is 3.32. The molecule has 0 aliphatic heterocycles. The van der Waals surface area contributed by atoms with Crippen molar-refractivity contribution in [3.05, 3.63) is 27.9 Å². The number of hydrogen-bond donors (Lipinski definition) is 3. The van der Waals surface area contributed by atoms with Gasteiger partial charge in [0.2, 0.25) is 0 Å². The molecule has 0 saturated heterocycles. The molecule has 1 amide bonds. The van der Waals surface area contributed by atoms with Crippen LogP contribution in [0.5, 0.6) is 0 Å². The predicted octanol–water partition coefficient (Wildman–Crippen LogP) is 2.78. The molecular formula is C13H16N4OS3. The van der Waals surface area contributed by atoms with Crippen molar-refractivity contribution in [1.82, 2.24) is 21.2 Å². The highest BCUT2D eigenvalue weighted by molar-refractivity contribution is 7.80. The lowest BCUT2D eigenvalue weighted by Gasteiger charge is -2.22. The van der Waals surface area contributed by atoms with Gasteiger partial charge in [-0.3, -0.25) is 15.6 Å². The summed E-state index contributed by atoms with van der Waals surface area (Å²) in [6, 6.07) is 1.98. The van der Waals surface area contributed by atoms with Gasteiger partial charge in [0, 0.05) is 21.9 Å². The SMILES string of the molecule is CC(C)(C)NC(=S)NNC(=O)c1csc(-c2ccsc2)n1. The standard InChI is InChI=1S/C13H16N4OS3/c1-13(2,3)15-12(19)17-16-10(18)9-7-21-11(14-9)8-4-5-20-6-8/h4-7H,1-3H3,(H,16,18)(H2,15,17,19). The van der Waals surface area contributed by atoms with Crippen LogP contribution in [0, 0.1) is 0 Å². The summed E-state index contributed by atoms with van der Waals surface area (Å²) in [5.74, 6) is -0.314. The molecule has 0 aliphatic carbocycles. The van der Waals surface area contributed by atoms with Gasteiger partial charge >= 0.3 is 0 Å². The first-order valence-corrected chi connectivity index (χ1v) is 8.45. The van der Waals surface area contributed by atoms with Crippen molar-refractivity contribution in [2.75, 3.05) is 0 Å². The third-order valence-corrected chi connectivity index (χ3v) is 4.06. The van der Waals surface area contributed by atoms with Crippen LogP contribution < -0.4 is 16.2 Å². The maximum absolute atomic E-state index is 12.0. The second-order valence-electron chi connectivity index (χ2n) is 5.33. The summed E-state index contributed by atoms with van der Waals surface area (Å²) in [7, 11) is 0. The molecule has 112 valence electrons. The Morgan fingerprint density at radius 1 is 1.29 bits per heavy atom. The molecule has 0 spiro atoms. The zero-order valence-corrected chi connectivity index (χ0v) is 14.3. The topological polar surface area (TPSA) is 66.0 Å². The Bertz CT molecular complexity index is 628. The van der Waals surface area contributed by atoms with Crippen LogP contribution in [0.1, 0.15) is 31.3 Å². The highest BCUT2D eigenvalue weighted by Gasteiger charge is 2.14. The Balaban J connectivity index is 1.91. The summed E-state index contributed by atoms with van der Waals surface area (Å²) in [4.78, 5) is 16.3. The number of nitrogens with zero attached hydrogens (tertiary/aromatic N) is 1. The molecular weight excluding hydrogens is 324 g/mol. The highest BCUT2D eigenvalue weighted by atomic mass is 32.1. The highest BCUT2D eigenvalue weighted by Crippen LogP contribution is 2.25. The summed E-state index contributed by atoms with van der Waals surface area (Å²) in [6.07, 6.45) is 0. The van der Waals surface area contributed by atoms with Crippen LogP contribution in [0.15, 0.2) is 22.2 Å². The maximum atomic E-state index is 12.0. The van der Waals surface area contributed by atoms with E-state index in [9.17, 15) is 4.79 Å². The van der Waals surface area contributed by atoms with Crippen LogP contribution in [-0.2, 0) is 0 Å². The van der Waals surface area contributed by atoms with Crippen LogP contribution >= 0.6 is 34.9 Å². The molecule has 2 aromatic heterocycles. The van der Waals surface area contributed by atoms with Crippen LogP contribution in [0.3, 0.4) is 0 Å². The van der Waals surface area contributed by atoms with Crippen molar-refractivity contribution >= 4 is 45.9 Å². The molecule has 0 atom stereocenters. The number of hydrogen-bond acceptors (Lipinski definition) is 5. The molecule has 0 saturated carbocycles. The van der Waals surface area contributed by atoms with Gasteiger partial charge in [-0.1, -0.05) is 0 Å². The Morgan fingerprint density at radius 3 is 2.67 bits per heavy atom. The molecule has 0 aliphatic rings. The van der Waals surface area contributed by atoms with Gasteiger partial charge in [-0.25, -0.2) is 4.98 Å². The van der Waals surface area contributed by atoms with Crippen molar-refractivity contribution < 1.29 is 4.79 Å². The van der Waals surface area contributed by atoms with Gasteiger partial charge in [0.1, 0.15) is 10.7 Å². The van der Waals surface area contributed by atoms with E-state index >= 15 is 0 Å². The van der Waals surface area contributed by atoms with E-state index in [4.69, 9.17) is 12.2 Å². The van der Waals surface area contributed by atoms with Gasteiger partial charge in [-0.15, -0.1) is 11.3 Å². The van der Waals surface area contributed by atoms with Crippen LogP contribution in [0.4, 0.5) is 0 Å². The Hall–Kier alpha value is -1.51. The van der Waals surface area contributed by atoms with Crippen LogP contribution in [0.2, 0.25) is 0 Å². The molecule has 0 aromatic carbocycles. The summed E-state index contributed by atoms with van der Waals surface area (Å²) < 4.78 is 0. The number of aromatic nitrogens is 1. The molecule has 21 heavy (non-hydrogen) atoms. The molecule has 0 unspecified atom stereocenters. The van der Waals surface area contributed by atoms with Gasteiger partial charge < -0.3 is 5.32 Å². The van der Waals surface area contributed by atoms with Gasteiger partial charge in [-0.05, 0) is 44.4 Å². The second-order valence-corrected chi connectivity index (χ2v) is 7.38. The number of thiophene rings is 1. The fraction of sp³-hybridized carbons (Fsp3) is 0.308. The van der Waals surface area contributed by atoms with E-state index in [0.717, 1.165) is 10.6 Å².